The van der Waals surface area contributed by atoms with Gasteiger partial charge in [0.2, 0.25) is 0 Å². The zero-order valence-corrected chi connectivity index (χ0v) is 20.2. The minimum atomic E-state index is -1.19. The minimum absolute atomic E-state index is 0.0562. The molecule has 2 aromatic heterocycles. The number of aromatic nitrogens is 2. The van der Waals surface area contributed by atoms with E-state index in [0.717, 1.165) is 0 Å². The van der Waals surface area contributed by atoms with Crippen LogP contribution < -0.4 is 16.4 Å². The standard InChI is InChI=1S/C25H25N5O4S/c1-25(2,3)12-27-21(31)13-4-6-15(17(10-13)23(33)34)20-16(8-9-35-20)22(32)28-14-5-7-18-19(11-14)30-24(26)29-18/h4-11H,12H2,1-3H3,(H,27,31)(H,28,32)(H,33,34)(H3,26,29,30). The fraction of sp³-hybridized carbons (Fsp3) is 0.200. The topological polar surface area (TPSA) is 150 Å². The van der Waals surface area contributed by atoms with Crippen LogP contribution in [0, 0.1) is 5.41 Å². The van der Waals surface area contributed by atoms with Crippen molar-refractivity contribution in [2.24, 2.45) is 5.41 Å². The summed E-state index contributed by atoms with van der Waals surface area (Å²) < 4.78 is 0. The van der Waals surface area contributed by atoms with Crippen molar-refractivity contribution in [2.75, 3.05) is 17.6 Å². The number of carbonyl (C=O) groups excluding carboxylic acids is 2. The molecule has 0 unspecified atom stereocenters. The number of amides is 2. The number of carboxylic acid groups (broad SMARTS) is 1. The van der Waals surface area contributed by atoms with E-state index in [1.54, 1.807) is 41.8 Å². The molecule has 2 amide bonds. The molecule has 9 nitrogen and oxygen atoms in total. The molecule has 4 aromatic rings. The van der Waals surface area contributed by atoms with E-state index in [0.29, 0.717) is 39.3 Å². The molecule has 2 heterocycles. The zero-order valence-electron chi connectivity index (χ0n) is 19.4. The van der Waals surface area contributed by atoms with Gasteiger partial charge in [0.1, 0.15) is 0 Å². The number of nitrogens with zero attached hydrogens (tertiary/aromatic N) is 1. The third-order valence-electron chi connectivity index (χ3n) is 5.20. The number of H-pyrrole nitrogens is 1. The number of rotatable bonds is 6. The van der Waals surface area contributed by atoms with Crippen molar-refractivity contribution in [1.82, 2.24) is 15.3 Å². The molecule has 6 N–H and O–H groups in total. The highest BCUT2D eigenvalue weighted by molar-refractivity contribution is 7.14. The van der Waals surface area contributed by atoms with Crippen LogP contribution >= 0.6 is 11.3 Å². The van der Waals surface area contributed by atoms with Gasteiger partial charge in [-0.3, -0.25) is 9.59 Å². The summed E-state index contributed by atoms with van der Waals surface area (Å²) in [4.78, 5) is 45.2. The van der Waals surface area contributed by atoms with Gasteiger partial charge in [0.15, 0.2) is 5.95 Å². The summed E-state index contributed by atoms with van der Waals surface area (Å²) in [5, 5.41) is 17.2. The summed E-state index contributed by atoms with van der Waals surface area (Å²) in [5.74, 6) is -1.66. The Kier molecular flexibility index (Phi) is 6.31. The van der Waals surface area contributed by atoms with Crippen LogP contribution in [0.3, 0.4) is 0 Å². The van der Waals surface area contributed by atoms with Crippen molar-refractivity contribution in [3.8, 4) is 10.4 Å². The molecule has 0 atom stereocenters. The van der Waals surface area contributed by atoms with E-state index >= 15 is 0 Å². The molecular formula is C25H25N5O4S. The van der Waals surface area contributed by atoms with E-state index in [-0.39, 0.29) is 28.4 Å². The fourth-order valence-corrected chi connectivity index (χ4v) is 4.44. The molecule has 35 heavy (non-hydrogen) atoms. The van der Waals surface area contributed by atoms with Gasteiger partial charge in [-0.15, -0.1) is 11.3 Å². The van der Waals surface area contributed by atoms with Crippen molar-refractivity contribution < 1.29 is 19.5 Å². The number of nitrogens with two attached hydrogens (primary N) is 1. The third kappa shape index (κ3) is 5.33. The van der Waals surface area contributed by atoms with Crippen LogP contribution in [-0.4, -0.2) is 39.4 Å². The monoisotopic (exact) mass is 491 g/mol. The summed E-state index contributed by atoms with van der Waals surface area (Å²) in [6.45, 7) is 6.42. The highest BCUT2D eigenvalue weighted by atomic mass is 32.1. The number of fused-ring (bicyclic) bond motifs is 1. The van der Waals surface area contributed by atoms with E-state index in [1.165, 1.54) is 17.4 Å². The normalized spacial score (nSPS) is 11.4. The number of aromatic amines is 1. The zero-order chi connectivity index (χ0) is 25.3. The summed E-state index contributed by atoms with van der Waals surface area (Å²) in [5.41, 5.74) is 8.33. The van der Waals surface area contributed by atoms with Crippen molar-refractivity contribution in [2.45, 2.75) is 20.8 Å². The Bertz CT molecular complexity index is 1450. The molecule has 2 aromatic carbocycles. The molecular weight excluding hydrogens is 466 g/mol. The first kappa shape index (κ1) is 24.0. The Labute approximate surface area is 205 Å². The Morgan fingerprint density at radius 3 is 2.54 bits per heavy atom. The minimum Gasteiger partial charge on any atom is -0.478 e. The lowest BCUT2D eigenvalue weighted by atomic mass is 9.96. The van der Waals surface area contributed by atoms with Crippen molar-refractivity contribution in [3.63, 3.8) is 0 Å². The molecule has 10 heteroatoms. The van der Waals surface area contributed by atoms with Crippen LogP contribution in [0.2, 0.25) is 0 Å². The van der Waals surface area contributed by atoms with E-state index < -0.39 is 11.9 Å². The molecule has 0 fully saturated rings. The highest BCUT2D eigenvalue weighted by Crippen LogP contribution is 2.34. The Hall–Kier alpha value is -4.18. The number of aromatic carboxylic acids is 1. The van der Waals surface area contributed by atoms with Gasteiger partial charge >= 0.3 is 5.97 Å². The molecule has 0 spiro atoms. The number of anilines is 2. The van der Waals surface area contributed by atoms with Crippen LogP contribution in [0.5, 0.6) is 0 Å². The number of hydrogen-bond acceptors (Lipinski definition) is 6. The molecule has 0 aliphatic heterocycles. The summed E-state index contributed by atoms with van der Waals surface area (Å²) >= 11 is 1.25. The van der Waals surface area contributed by atoms with Gasteiger partial charge in [0.05, 0.1) is 22.2 Å². The van der Waals surface area contributed by atoms with Gasteiger partial charge in [-0.25, -0.2) is 9.78 Å². The molecule has 4 rings (SSSR count). The molecule has 180 valence electrons. The number of benzene rings is 2. The first-order valence-electron chi connectivity index (χ1n) is 10.8. The lowest BCUT2D eigenvalue weighted by molar-refractivity contribution is 0.0697. The second-order valence-corrected chi connectivity index (χ2v) is 10.2. The third-order valence-corrected chi connectivity index (χ3v) is 6.15. The first-order valence-corrected chi connectivity index (χ1v) is 11.7. The van der Waals surface area contributed by atoms with Gasteiger partial charge in [-0.2, -0.15) is 0 Å². The van der Waals surface area contributed by atoms with Gasteiger partial charge in [0, 0.05) is 28.2 Å². The molecule has 0 bridgehead atoms. The predicted octanol–water partition coefficient (Wildman–Crippen LogP) is 4.60. The highest BCUT2D eigenvalue weighted by Gasteiger charge is 2.22. The smallest absolute Gasteiger partial charge is 0.336 e. The van der Waals surface area contributed by atoms with Gasteiger partial charge in [-0.05, 0) is 47.2 Å². The first-order chi connectivity index (χ1) is 16.5. The number of nitrogens with one attached hydrogen (secondary N) is 3. The van der Waals surface area contributed by atoms with Gasteiger partial charge in [-0.1, -0.05) is 26.8 Å². The van der Waals surface area contributed by atoms with Crippen molar-refractivity contribution in [1.29, 1.82) is 0 Å². The number of carboxylic acids is 1. The maximum atomic E-state index is 13.1. The van der Waals surface area contributed by atoms with E-state index in [2.05, 4.69) is 20.6 Å². The fourth-order valence-electron chi connectivity index (χ4n) is 3.51. The number of carbonyl (C=O) groups is 3. The van der Waals surface area contributed by atoms with Crippen LogP contribution in [0.25, 0.3) is 21.5 Å². The Balaban J connectivity index is 1.62. The largest absolute Gasteiger partial charge is 0.478 e. The number of nitrogen functional groups attached to an aromatic ring is 1. The van der Waals surface area contributed by atoms with E-state index in [1.807, 2.05) is 20.8 Å². The molecule has 0 aliphatic rings. The molecule has 0 aliphatic carbocycles. The Morgan fingerprint density at radius 2 is 1.83 bits per heavy atom. The second kappa shape index (κ2) is 9.22. The summed E-state index contributed by atoms with van der Waals surface area (Å²) in [6.07, 6.45) is 0. The lowest BCUT2D eigenvalue weighted by Gasteiger charge is -2.19. The summed E-state index contributed by atoms with van der Waals surface area (Å²) in [6, 6.07) is 11.3. The molecule has 0 radical (unpaired) electrons. The predicted molar refractivity (Wildman–Crippen MR) is 137 cm³/mol. The number of hydrogen-bond donors (Lipinski definition) is 5. The van der Waals surface area contributed by atoms with Crippen LogP contribution in [0.4, 0.5) is 11.6 Å². The maximum absolute atomic E-state index is 13.1. The van der Waals surface area contributed by atoms with Gasteiger partial charge in [0.25, 0.3) is 11.8 Å². The Morgan fingerprint density at radius 1 is 1.06 bits per heavy atom. The van der Waals surface area contributed by atoms with E-state index in [9.17, 15) is 19.5 Å². The van der Waals surface area contributed by atoms with Crippen molar-refractivity contribution >= 4 is 51.8 Å². The molecule has 0 saturated carbocycles. The second-order valence-electron chi connectivity index (χ2n) is 9.28. The average Bonchev–Trinajstić information content (AvgIpc) is 3.42. The van der Waals surface area contributed by atoms with Crippen LogP contribution in [0.1, 0.15) is 51.8 Å². The average molecular weight is 492 g/mol. The number of thiophene rings is 1. The quantitative estimate of drug-likeness (QED) is 0.266. The number of imidazole rings is 1. The van der Waals surface area contributed by atoms with Crippen LogP contribution in [-0.2, 0) is 0 Å². The van der Waals surface area contributed by atoms with Crippen molar-refractivity contribution in [3.05, 3.63) is 64.5 Å². The molecule has 0 saturated heterocycles. The van der Waals surface area contributed by atoms with Gasteiger partial charge < -0.3 is 26.5 Å². The van der Waals surface area contributed by atoms with Crippen LogP contribution in [0.15, 0.2) is 47.8 Å². The maximum Gasteiger partial charge on any atom is 0.336 e. The lowest BCUT2D eigenvalue weighted by Crippen LogP contribution is -2.32. The summed E-state index contributed by atoms with van der Waals surface area (Å²) in [7, 11) is 0. The van der Waals surface area contributed by atoms with E-state index in [4.69, 9.17) is 5.73 Å². The SMILES string of the molecule is CC(C)(C)CNC(=O)c1ccc(-c2sccc2C(=O)Nc2ccc3nc(N)[nH]c3c2)c(C(=O)O)c1.